The van der Waals surface area contributed by atoms with Gasteiger partial charge in [0.05, 0.1) is 12.5 Å². The number of halogens is 3. The molecule has 0 spiro atoms. The van der Waals surface area contributed by atoms with E-state index in [4.69, 9.17) is 39.5 Å². The molecule has 1 atom stereocenters. The van der Waals surface area contributed by atoms with Crippen LogP contribution in [-0.2, 0) is 6.42 Å². The Balaban J connectivity index is 2.24. The summed E-state index contributed by atoms with van der Waals surface area (Å²) in [5, 5.41) is 1.14. The summed E-state index contributed by atoms with van der Waals surface area (Å²) in [7, 11) is 1.62. The van der Waals surface area contributed by atoms with Crippen molar-refractivity contribution in [2.24, 2.45) is 0 Å². The number of hydrogen-bond donors (Lipinski definition) is 0. The highest BCUT2D eigenvalue weighted by molar-refractivity contribution is 6.31. The Bertz CT molecular complexity index is 569. The van der Waals surface area contributed by atoms with Crippen LogP contribution in [-0.4, -0.2) is 7.11 Å². The quantitative estimate of drug-likeness (QED) is 0.675. The van der Waals surface area contributed by atoms with Crippen molar-refractivity contribution in [1.82, 2.24) is 0 Å². The maximum atomic E-state index is 6.47. The zero-order valence-electron chi connectivity index (χ0n) is 10.4. The molecule has 1 unspecified atom stereocenters. The first-order chi connectivity index (χ1) is 9.10. The van der Waals surface area contributed by atoms with Gasteiger partial charge in [-0.15, -0.1) is 11.6 Å². The van der Waals surface area contributed by atoms with Crippen LogP contribution >= 0.6 is 34.8 Å². The Labute approximate surface area is 128 Å². The topological polar surface area (TPSA) is 9.23 Å². The Kier molecular flexibility index (Phi) is 4.98. The third-order valence-electron chi connectivity index (χ3n) is 2.83. The van der Waals surface area contributed by atoms with Crippen molar-refractivity contribution in [3.05, 3.63) is 63.6 Å². The van der Waals surface area contributed by atoms with E-state index in [1.54, 1.807) is 13.2 Å². The molecule has 0 fully saturated rings. The molecule has 0 aromatic heterocycles. The number of alkyl halides is 1. The fourth-order valence-corrected chi connectivity index (χ4v) is 2.67. The molecule has 0 radical (unpaired) electrons. The molecule has 0 amide bonds. The van der Waals surface area contributed by atoms with Crippen LogP contribution < -0.4 is 4.74 Å². The van der Waals surface area contributed by atoms with Crippen molar-refractivity contribution >= 4 is 34.8 Å². The van der Waals surface area contributed by atoms with Gasteiger partial charge in [0.1, 0.15) is 5.75 Å². The third-order valence-corrected chi connectivity index (χ3v) is 3.69. The molecule has 0 saturated heterocycles. The number of benzene rings is 2. The van der Waals surface area contributed by atoms with Gasteiger partial charge < -0.3 is 4.74 Å². The predicted octanol–water partition coefficient (Wildman–Crippen LogP) is 5.52. The summed E-state index contributed by atoms with van der Waals surface area (Å²) in [4.78, 5) is 0. The molecular weight excluding hydrogens is 303 g/mol. The Morgan fingerprint density at radius 3 is 2.47 bits per heavy atom. The molecule has 19 heavy (non-hydrogen) atoms. The molecule has 2 rings (SSSR count). The van der Waals surface area contributed by atoms with Gasteiger partial charge in [0.15, 0.2) is 0 Å². The van der Waals surface area contributed by atoms with Crippen LogP contribution in [0.4, 0.5) is 0 Å². The highest BCUT2D eigenvalue weighted by Gasteiger charge is 2.15. The Morgan fingerprint density at radius 2 is 1.79 bits per heavy atom. The third kappa shape index (κ3) is 3.79. The summed E-state index contributed by atoms with van der Waals surface area (Å²) in [6.45, 7) is 0. The molecule has 0 bridgehead atoms. The first-order valence-corrected chi connectivity index (χ1v) is 7.01. The normalized spacial score (nSPS) is 12.2. The molecule has 0 N–H and O–H groups in total. The van der Waals surface area contributed by atoms with Crippen molar-refractivity contribution in [3.63, 3.8) is 0 Å². The van der Waals surface area contributed by atoms with E-state index in [1.807, 2.05) is 36.4 Å². The lowest BCUT2D eigenvalue weighted by Gasteiger charge is -2.14. The van der Waals surface area contributed by atoms with Gasteiger partial charge in [-0.2, -0.15) is 0 Å². The minimum atomic E-state index is -0.216. The molecule has 0 saturated carbocycles. The van der Waals surface area contributed by atoms with E-state index >= 15 is 0 Å². The predicted molar refractivity (Wildman–Crippen MR) is 81.8 cm³/mol. The zero-order chi connectivity index (χ0) is 13.8. The van der Waals surface area contributed by atoms with E-state index in [2.05, 4.69) is 0 Å². The van der Waals surface area contributed by atoms with Crippen LogP contribution in [0.3, 0.4) is 0 Å². The lowest BCUT2D eigenvalue weighted by molar-refractivity contribution is 0.409. The molecule has 100 valence electrons. The largest absolute Gasteiger partial charge is 0.496 e. The van der Waals surface area contributed by atoms with E-state index in [-0.39, 0.29) is 5.38 Å². The van der Waals surface area contributed by atoms with Crippen LogP contribution in [0.1, 0.15) is 16.5 Å². The van der Waals surface area contributed by atoms with E-state index in [0.717, 1.165) is 16.9 Å². The van der Waals surface area contributed by atoms with Crippen LogP contribution in [0.2, 0.25) is 10.0 Å². The van der Waals surface area contributed by atoms with Crippen LogP contribution in [0.5, 0.6) is 5.75 Å². The second-order valence-corrected chi connectivity index (χ2v) is 5.59. The molecule has 2 aromatic rings. The molecular formula is C15H13Cl3O. The van der Waals surface area contributed by atoms with Crippen LogP contribution in [0.15, 0.2) is 42.5 Å². The van der Waals surface area contributed by atoms with E-state index in [1.165, 1.54) is 0 Å². The fraction of sp³-hybridized carbons (Fsp3) is 0.200. The zero-order valence-corrected chi connectivity index (χ0v) is 12.6. The van der Waals surface area contributed by atoms with Gasteiger partial charge in [0.2, 0.25) is 0 Å². The smallest absolute Gasteiger partial charge is 0.123 e. The molecule has 4 heteroatoms. The molecule has 2 aromatic carbocycles. The lowest BCUT2D eigenvalue weighted by Crippen LogP contribution is -1.99. The molecule has 0 aliphatic rings. The monoisotopic (exact) mass is 314 g/mol. The Morgan fingerprint density at radius 1 is 1.05 bits per heavy atom. The fourth-order valence-electron chi connectivity index (χ4n) is 1.93. The van der Waals surface area contributed by atoms with Crippen molar-refractivity contribution < 1.29 is 4.74 Å². The van der Waals surface area contributed by atoms with Gasteiger partial charge >= 0.3 is 0 Å². The molecule has 1 nitrogen and oxygen atoms in total. The van der Waals surface area contributed by atoms with Gasteiger partial charge in [-0.25, -0.2) is 0 Å². The van der Waals surface area contributed by atoms with Crippen LogP contribution in [0.25, 0.3) is 0 Å². The van der Waals surface area contributed by atoms with Gasteiger partial charge in [-0.05, 0) is 42.3 Å². The van der Waals surface area contributed by atoms with E-state index in [0.29, 0.717) is 16.5 Å². The van der Waals surface area contributed by atoms with Crippen molar-refractivity contribution in [2.75, 3.05) is 7.11 Å². The number of hydrogen-bond acceptors (Lipinski definition) is 1. The number of rotatable bonds is 4. The first kappa shape index (κ1) is 14.5. The van der Waals surface area contributed by atoms with Gasteiger partial charge in [0.25, 0.3) is 0 Å². The summed E-state index contributed by atoms with van der Waals surface area (Å²) in [6, 6.07) is 13.1. The second-order valence-electron chi connectivity index (χ2n) is 4.19. The van der Waals surface area contributed by atoms with Crippen LogP contribution in [0, 0.1) is 0 Å². The average Bonchev–Trinajstić information content (AvgIpc) is 2.38. The number of methoxy groups -OCH3 is 1. The second kappa shape index (κ2) is 6.51. The minimum Gasteiger partial charge on any atom is -0.496 e. The summed E-state index contributed by atoms with van der Waals surface area (Å²) < 4.78 is 5.31. The standard InChI is InChI=1S/C15H13Cl3O/c1-19-15-6-5-12(17)9-13(15)14(18)8-10-3-2-4-11(16)7-10/h2-7,9,14H,8H2,1H3. The lowest BCUT2D eigenvalue weighted by atomic mass is 10.0. The maximum absolute atomic E-state index is 6.47. The maximum Gasteiger partial charge on any atom is 0.123 e. The van der Waals surface area contributed by atoms with E-state index in [9.17, 15) is 0 Å². The van der Waals surface area contributed by atoms with E-state index < -0.39 is 0 Å². The van der Waals surface area contributed by atoms with Crippen molar-refractivity contribution in [3.8, 4) is 5.75 Å². The summed E-state index contributed by atoms with van der Waals surface area (Å²) in [5.41, 5.74) is 1.96. The van der Waals surface area contributed by atoms with Gasteiger partial charge in [-0.1, -0.05) is 35.3 Å². The summed E-state index contributed by atoms with van der Waals surface area (Å²) in [5.74, 6) is 0.742. The summed E-state index contributed by atoms with van der Waals surface area (Å²) in [6.07, 6.45) is 0.665. The number of ether oxygens (including phenoxy) is 1. The Hall–Kier alpha value is -0.890. The van der Waals surface area contributed by atoms with Crippen molar-refractivity contribution in [2.45, 2.75) is 11.8 Å². The first-order valence-electron chi connectivity index (χ1n) is 5.82. The SMILES string of the molecule is COc1ccc(Cl)cc1C(Cl)Cc1cccc(Cl)c1. The molecule has 0 heterocycles. The molecule has 0 aliphatic carbocycles. The van der Waals surface area contributed by atoms with Gasteiger partial charge in [-0.3, -0.25) is 0 Å². The highest BCUT2D eigenvalue weighted by atomic mass is 35.5. The minimum absolute atomic E-state index is 0.216. The molecule has 0 aliphatic heterocycles. The highest BCUT2D eigenvalue weighted by Crippen LogP contribution is 2.34. The summed E-state index contributed by atoms with van der Waals surface area (Å²) >= 11 is 18.4. The van der Waals surface area contributed by atoms with Gasteiger partial charge in [0, 0.05) is 15.6 Å². The van der Waals surface area contributed by atoms with Crippen molar-refractivity contribution in [1.29, 1.82) is 0 Å². The average molecular weight is 316 g/mol.